The average Bonchev–Trinajstić information content (AvgIpc) is 3.15. The minimum Gasteiger partial charge on any atom is -0.304 e. The lowest BCUT2D eigenvalue weighted by Gasteiger charge is -2.29. The minimum atomic E-state index is -1.46. The highest BCUT2D eigenvalue weighted by Gasteiger charge is 2.61. The standard InChI is InChI=1S/C19H16ClN5O3S/c1-11(26)22-18-23-25(12(2)27)19(29-18)15-9-14(20)3-4-16(15)24(17(19)28)10-13-5-7-21-8-6-13/h3-9H,10H2,1-2H3,(H,22,23,26). The van der Waals surface area contributed by atoms with E-state index < -0.39 is 10.8 Å². The van der Waals surface area contributed by atoms with Crippen molar-refractivity contribution < 1.29 is 14.4 Å². The third kappa shape index (κ3) is 3.16. The number of hydrazone groups is 1. The number of carbonyl (C=O) groups is 3. The first-order chi connectivity index (χ1) is 13.8. The van der Waals surface area contributed by atoms with E-state index >= 15 is 0 Å². The molecule has 0 bridgehead atoms. The van der Waals surface area contributed by atoms with Gasteiger partial charge in [-0.05, 0) is 47.7 Å². The van der Waals surface area contributed by atoms with Crippen LogP contribution in [0.15, 0.2) is 47.8 Å². The van der Waals surface area contributed by atoms with Gasteiger partial charge in [0.1, 0.15) is 0 Å². The molecule has 0 fully saturated rings. The molecule has 2 aliphatic rings. The van der Waals surface area contributed by atoms with Crippen molar-refractivity contribution in [3.63, 3.8) is 0 Å². The van der Waals surface area contributed by atoms with Crippen molar-refractivity contribution in [2.75, 3.05) is 4.90 Å². The zero-order valence-electron chi connectivity index (χ0n) is 15.5. The van der Waals surface area contributed by atoms with Gasteiger partial charge in [-0.2, -0.15) is 5.01 Å². The Labute approximate surface area is 175 Å². The molecule has 1 aromatic carbocycles. The zero-order chi connectivity index (χ0) is 20.8. The molecule has 2 aromatic rings. The van der Waals surface area contributed by atoms with Crippen LogP contribution in [0.5, 0.6) is 0 Å². The molecule has 10 heteroatoms. The number of hydrogen-bond acceptors (Lipinski definition) is 6. The number of amides is 3. The highest BCUT2D eigenvalue weighted by Crippen LogP contribution is 2.55. The Morgan fingerprint density at radius 1 is 1.21 bits per heavy atom. The van der Waals surface area contributed by atoms with Gasteiger partial charge in [-0.1, -0.05) is 11.6 Å². The molecule has 0 radical (unpaired) electrons. The van der Waals surface area contributed by atoms with E-state index in [1.54, 1.807) is 35.5 Å². The lowest BCUT2D eigenvalue weighted by Crippen LogP contribution is -2.48. The van der Waals surface area contributed by atoms with Crippen LogP contribution in [0.2, 0.25) is 5.02 Å². The molecule has 4 rings (SSSR count). The first kappa shape index (κ1) is 19.4. The predicted molar refractivity (Wildman–Crippen MR) is 110 cm³/mol. The van der Waals surface area contributed by atoms with Gasteiger partial charge in [0, 0.05) is 36.8 Å². The van der Waals surface area contributed by atoms with Crippen molar-refractivity contribution in [2.24, 2.45) is 5.10 Å². The second-order valence-corrected chi connectivity index (χ2v) is 8.19. The number of halogens is 1. The number of fused-ring (bicyclic) bond motifs is 2. The van der Waals surface area contributed by atoms with E-state index in [9.17, 15) is 14.4 Å². The van der Waals surface area contributed by atoms with Crippen LogP contribution in [0.1, 0.15) is 25.0 Å². The second kappa shape index (κ2) is 7.16. The van der Waals surface area contributed by atoms with Gasteiger partial charge in [0.25, 0.3) is 5.91 Å². The van der Waals surface area contributed by atoms with Crippen LogP contribution < -0.4 is 10.2 Å². The molecule has 0 saturated heterocycles. The SMILES string of the molecule is CC(=O)NC1=NN(C(C)=O)C2(S1)C(=O)N(Cc1ccncc1)c1ccc(Cl)cc12. The third-order valence-electron chi connectivity index (χ3n) is 4.55. The van der Waals surface area contributed by atoms with Gasteiger partial charge < -0.3 is 10.2 Å². The molecule has 29 heavy (non-hydrogen) atoms. The smallest absolute Gasteiger partial charge is 0.271 e. The quantitative estimate of drug-likeness (QED) is 0.791. The molecule has 1 aromatic heterocycles. The molecule has 1 spiro atoms. The summed E-state index contributed by atoms with van der Waals surface area (Å²) in [6.07, 6.45) is 3.30. The second-order valence-electron chi connectivity index (χ2n) is 6.57. The number of rotatable bonds is 2. The lowest BCUT2D eigenvalue weighted by atomic mass is 10.1. The van der Waals surface area contributed by atoms with Gasteiger partial charge >= 0.3 is 0 Å². The molecule has 2 aliphatic heterocycles. The van der Waals surface area contributed by atoms with Gasteiger partial charge in [-0.3, -0.25) is 19.4 Å². The summed E-state index contributed by atoms with van der Waals surface area (Å²) in [5.41, 5.74) is 2.06. The molecule has 0 saturated carbocycles. The number of hydrogen-bond donors (Lipinski definition) is 1. The highest BCUT2D eigenvalue weighted by molar-refractivity contribution is 8.15. The fourth-order valence-electron chi connectivity index (χ4n) is 3.41. The van der Waals surface area contributed by atoms with Crippen molar-refractivity contribution in [1.29, 1.82) is 0 Å². The Bertz CT molecular complexity index is 1060. The molecule has 1 N–H and O–H groups in total. The number of aromatic nitrogens is 1. The van der Waals surface area contributed by atoms with Crippen molar-refractivity contribution in [1.82, 2.24) is 15.3 Å². The molecule has 0 aliphatic carbocycles. The third-order valence-corrected chi connectivity index (χ3v) is 6.03. The Balaban J connectivity index is 1.83. The summed E-state index contributed by atoms with van der Waals surface area (Å²) in [5.74, 6) is -1.11. The number of nitrogens with zero attached hydrogens (tertiary/aromatic N) is 4. The van der Waals surface area contributed by atoms with Gasteiger partial charge in [-0.15, -0.1) is 5.10 Å². The van der Waals surface area contributed by atoms with Gasteiger partial charge in [0.05, 0.1) is 12.2 Å². The molecule has 3 heterocycles. The van der Waals surface area contributed by atoms with Crippen molar-refractivity contribution in [3.8, 4) is 0 Å². The van der Waals surface area contributed by atoms with Gasteiger partial charge in [-0.25, -0.2) is 0 Å². The Kier molecular flexibility index (Phi) is 4.79. The summed E-state index contributed by atoms with van der Waals surface area (Å²) in [5, 5.41) is 8.52. The van der Waals surface area contributed by atoms with Crippen LogP contribution in [-0.2, 0) is 25.8 Å². The lowest BCUT2D eigenvalue weighted by molar-refractivity contribution is -0.139. The first-order valence-corrected chi connectivity index (χ1v) is 9.89. The number of nitrogens with one attached hydrogen (secondary N) is 1. The minimum absolute atomic E-state index is 0.178. The normalized spacial score (nSPS) is 20.1. The number of anilines is 1. The van der Waals surface area contributed by atoms with E-state index in [-0.39, 0.29) is 17.0 Å². The fraction of sp³-hybridized carbons (Fsp3) is 0.211. The monoisotopic (exact) mass is 429 g/mol. The van der Waals surface area contributed by atoms with Crippen molar-refractivity contribution in [2.45, 2.75) is 25.3 Å². The average molecular weight is 430 g/mol. The van der Waals surface area contributed by atoms with Crippen molar-refractivity contribution in [3.05, 3.63) is 58.9 Å². The Hall–Kier alpha value is -2.91. The molecule has 1 atom stereocenters. The fourth-order valence-corrected chi connectivity index (χ4v) is 4.91. The number of amidine groups is 1. The summed E-state index contributed by atoms with van der Waals surface area (Å²) in [4.78, 5) is 41.8. The maximum Gasteiger partial charge on any atom is 0.271 e. The number of thioether (sulfide) groups is 1. The topological polar surface area (TPSA) is 95.0 Å². The van der Waals surface area contributed by atoms with Crippen LogP contribution in [0.4, 0.5) is 5.69 Å². The van der Waals surface area contributed by atoms with Crippen molar-refractivity contribution >= 4 is 51.9 Å². The number of carbonyl (C=O) groups excluding carboxylic acids is 3. The summed E-state index contributed by atoms with van der Waals surface area (Å²) in [6, 6.07) is 8.74. The molecule has 3 amide bonds. The van der Waals surface area contributed by atoms with Crippen LogP contribution >= 0.6 is 23.4 Å². The number of benzene rings is 1. The number of pyridine rings is 1. The zero-order valence-corrected chi connectivity index (χ0v) is 17.1. The summed E-state index contributed by atoms with van der Waals surface area (Å²) in [7, 11) is 0. The van der Waals surface area contributed by atoms with E-state index in [2.05, 4.69) is 15.4 Å². The van der Waals surface area contributed by atoms with Gasteiger partial charge in [0.15, 0.2) is 5.17 Å². The molecular weight excluding hydrogens is 414 g/mol. The summed E-state index contributed by atoms with van der Waals surface area (Å²) in [6.45, 7) is 2.95. The maximum atomic E-state index is 13.7. The Morgan fingerprint density at radius 2 is 1.93 bits per heavy atom. The Morgan fingerprint density at radius 3 is 2.59 bits per heavy atom. The van der Waals surface area contributed by atoms with Crippen LogP contribution in [0.3, 0.4) is 0 Å². The van der Waals surface area contributed by atoms with Crippen LogP contribution in [-0.4, -0.2) is 32.9 Å². The molecule has 1 unspecified atom stereocenters. The first-order valence-electron chi connectivity index (χ1n) is 8.70. The largest absolute Gasteiger partial charge is 0.304 e. The highest BCUT2D eigenvalue weighted by atomic mass is 35.5. The summed E-state index contributed by atoms with van der Waals surface area (Å²) < 4.78 is 0. The maximum absolute atomic E-state index is 13.7. The van der Waals surface area contributed by atoms with E-state index in [1.165, 1.54) is 13.8 Å². The molecule has 148 valence electrons. The van der Waals surface area contributed by atoms with Crippen LogP contribution in [0.25, 0.3) is 0 Å². The van der Waals surface area contributed by atoms with E-state index in [0.29, 0.717) is 22.8 Å². The summed E-state index contributed by atoms with van der Waals surface area (Å²) >= 11 is 7.25. The molecular formula is C19H16ClN5O3S. The van der Waals surface area contributed by atoms with Gasteiger partial charge in [0.2, 0.25) is 16.7 Å². The van der Waals surface area contributed by atoms with E-state index in [1.807, 2.05) is 12.1 Å². The van der Waals surface area contributed by atoms with E-state index in [4.69, 9.17) is 11.6 Å². The van der Waals surface area contributed by atoms with E-state index in [0.717, 1.165) is 22.3 Å². The molecule has 8 nitrogen and oxygen atoms in total. The van der Waals surface area contributed by atoms with Crippen LogP contribution in [0, 0.1) is 0 Å². The predicted octanol–water partition coefficient (Wildman–Crippen LogP) is 2.44.